The van der Waals surface area contributed by atoms with Crippen LogP contribution in [0.25, 0.3) is 11.3 Å². The van der Waals surface area contributed by atoms with Crippen LogP contribution in [0.4, 0.5) is 0 Å². The smallest absolute Gasteiger partial charge is 0.253 e. The Morgan fingerprint density at radius 1 is 1.07 bits per heavy atom. The summed E-state index contributed by atoms with van der Waals surface area (Å²) >= 11 is 0. The second-order valence-corrected chi connectivity index (χ2v) is 7.28. The summed E-state index contributed by atoms with van der Waals surface area (Å²) in [5.41, 5.74) is 7.74. The first-order valence-corrected chi connectivity index (χ1v) is 9.47. The fourth-order valence-electron chi connectivity index (χ4n) is 3.30. The van der Waals surface area contributed by atoms with E-state index in [-0.39, 0.29) is 5.91 Å². The van der Waals surface area contributed by atoms with E-state index in [0.29, 0.717) is 16.8 Å². The zero-order valence-corrected chi connectivity index (χ0v) is 16.5. The van der Waals surface area contributed by atoms with Gasteiger partial charge in [0.25, 0.3) is 11.8 Å². The maximum Gasteiger partial charge on any atom is 0.253 e. The van der Waals surface area contributed by atoms with Crippen molar-refractivity contribution in [3.63, 3.8) is 0 Å². The van der Waals surface area contributed by atoms with Crippen molar-refractivity contribution in [2.45, 2.75) is 0 Å². The molecule has 0 saturated carbocycles. The summed E-state index contributed by atoms with van der Waals surface area (Å²) in [5.74, 6) is -0.481. The number of likely N-dealkylation sites (N-methyl/N-ethyl adjacent to an activating group) is 1. The lowest BCUT2D eigenvalue weighted by atomic mass is 10.0. The quantitative estimate of drug-likeness (QED) is 0.812. The lowest BCUT2D eigenvalue weighted by Gasteiger charge is -2.35. The molecule has 0 spiro atoms. The van der Waals surface area contributed by atoms with E-state index in [1.54, 1.807) is 30.5 Å². The maximum atomic E-state index is 12.8. The maximum absolute atomic E-state index is 12.8. The molecule has 0 radical (unpaired) electrons. The normalized spacial score (nSPS) is 15.0. The number of primary amides is 1. The Hall–Kier alpha value is -2.77. The Morgan fingerprint density at radius 3 is 2.36 bits per heavy atom. The van der Waals surface area contributed by atoms with Crippen LogP contribution in [0.5, 0.6) is 0 Å². The molecule has 1 saturated heterocycles. The number of amides is 2. The minimum absolute atomic E-state index is 0.0370. The highest BCUT2D eigenvalue weighted by Gasteiger charge is 2.22. The van der Waals surface area contributed by atoms with Crippen LogP contribution >= 0.6 is 0 Å². The van der Waals surface area contributed by atoms with Gasteiger partial charge in [-0.3, -0.25) is 19.5 Å². The number of nitrogens with two attached hydrogens (primary N) is 1. The van der Waals surface area contributed by atoms with Gasteiger partial charge in [-0.1, -0.05) is 12.1 Å². The van der Waals surface area contributed by atoms with Crippen molar-refractivity contribution in [2.75, 3.05) is 53.4 Å². The van der Waals surface area contributed by atoms with E-state index >= 15 is 0 Å². The van der Waals surface area contributed by atoms with Crippen molar-refractivity contribution in [2.24, 2.45) is 5.73 Å². The molecule has 28 heavy (non-hydrogen) atoms. The zero-order valence-electron chi connectivity index (χ0n) is 16.5. The van der Waals surface area contributed by atoms with Gasteiger partial charge in [0.2, 0.25) is 0 Å². The van der Waals surface area contributed by atoms with Gasteiger partial charge in [0.15, 0.2) is 0 Å². The molecule has 0 bridgehead atoms. The van der Waals surface area contributed by atoms with Gasteiger partial charge < -0.3 is 15.5 Å². The van der Waals surface area contributed by atoms with Gasteiger partial charge in [-0.25, -0.2) is 0 Å². The minimum Gasteiger partial charge on any atom is -0.366 e. The molecular formula is C21H27N5O2. The first kappa shape index (κ1) is 20.0. The van der Waals surface area contributed by atoms with Crippen molar-refractivity contribution in [1.82, 2.24) is 19.7 Å². The number of pyridine rings is 1. The van der Waals surface area contributed by atoms with E-state index in [1.165, 1.54) is 0 Å². The summed E-state index contributed by atoms with van der Waals surface area (Å²) in [6, 6.07) is 10.5. The summed E-state index contributed by atoms with van der Waals surface area (Å²) < 4.78 is 0. The molecule has 0 atom stereocenters. The van der Waals surface area contributed by atoms with Crippen LogP contribution in [0.1, 0.15) is 20.7 Å². The van der Waals surface area contributed by atoms with E-state index in [4.69, 9.17) is 5.73 Å². The summed E-state index contributed by atoms with van der Waals surface area (Å²) in [4.78, 5) is 35.1. The number of carbonyl (C=O) groups excluding carboxylic acids is 2. The molecule has 1 aromatic carbocycles. The highest BCUT2D eigenvalue weighted by Crippen LogP contribution is 2.22. The van der Waals surface area contributed by atoms with E-state index in [0.717, 1.165) is 44.8 Å². The molecule has 2 heterocycles. The SMILES string of the molecule is CN(C)CCN1CCN(C(=O)c2ccc(-c3ncccc3C(N)=O)cc2)CC1. The number of hydrogen-bond donors (Lipinski definition) is 1. The Balaban J connectivity index is 1.64. The average Bonchev–Trinajstić information content (AvgIpc) is 2.72. The predicted octanol–water partition coefficient (Wildman–Crippen LogP) is 1.17. The van der Waals surface area contributed by atoms with E-state index in [2.05, 4.69) is 28.9 Å². The minimum atomic E-state index is -0.518. The van der Waals surface area contributed by atoms with Crippen LogP contribution in [-0.4, -0.2) is 84.9 Å². The molecule has 7 nitrogen and oxygen atoms in total. The molecule has 2 aromatic rings. The van der Waals surface area contributed by atoms with Crippen LogP contribution in [0.3, 0.4) is 0 Å². The van der Waals surface area contributed by atoms with E-state index < -0.39 is 5.91 Å². The Morgan fingerprint density at radius 2 is 1.75 bits per heavy atom. The monoisotopic (exact) mass is 381 g/mol. The largest absolute Gasteiger partial charge is 0.366 e. The number of aromatic nitrogens is 1. The van der Waals surface area contributed by atoms with Crippen molar-refractivity contribution < 1.29 is 9.59 Å². The average molecular weight is 381 g/mol. The molecule has 148 valence electrons. The first-order chi connectivity index (χ1) is 13.5. The molecular weight excluding hydrogens is 354 g/mol. The Labute approximate surface area is 165 Å². The third-order valence-electron chi connectivity index (χ3n) is 5.00. The van der Waals surface area contributed by atoms with Crippen LogP contribution in [0.2, 0.25) is 0 Å². The summed E-state index contributed by atoms with van der Waals surface area (Å²) in [7, 11) is 4.14. The summed E-state index contributed by atoms with van der Waals surface area (Å²) in [6.07, 6.45) is 1.62. The molecule has 2 N–H and O–H groups in total. The lowest BCUT2D eigenvalue weighted by Crippen LogP contribution is -2.49. The fraction of sp³-hybridized carbons (Fsp3) is 0.381. The molecule has 1 aliphatic heterocycles. The highest BCUT2D eigenvalue weighted by molar-refractivity contribution is 5.99. The summed E-state index contributed by atoms with van der Waals surface area (Å²) in [5, 5.41) is 0. The molecule has 2 amide bonds. The Kier molecular flexibility index (Phi) is 6.38. The van der Waals surface area contributed by atoms with Gasteiger partial charge in [-0.05, 0) is 38.4 Å². The van der Waals surface area contributed by atoms with Crippen LogP contribution < -0.4 is 5.73 Å². The van der Waals surface area contributed by atoms with Crippen LogP contribution in [0.15, 0.2) is 42.6 Å². The third kappa shape index (κ3) is 4.74. The van der Waals surface area contributed by atoms with Crippen molar-refractivity contribution in [1.29, 1.82) is 0 Å². The van der Waals surface area contributed by atoms with Gasteiger partial charge in [-0.2, -0.15) is 0 Å². The second-order valence-electron chi connectivity index (χ2n) is 7.28. The number of rotatable bonds is 6. The number of nitrogens with zero attached hydrogens (tertiary/aromatic N) is 4. The molecule has 1 fully saturated rings. The van der Waals surface area contributed by atoms with Gasteiger partial charge in [0.1, 0.15) is 0 Å². The lowest BCUT2D eigenvalue weighted by molar-refractivity contribution is 0.0629. The van der Waals surface area contributed by atoms with Crippen molar-refractivity contribution in [3.05, 3.63) is 53.7 Å². The number of hydrogen-bond acceptors (Lipinski definition) is 5. The van der Waals surface area contributed by atoms with Crippen LogP contribution in [0, 0.1) is 0 Å². The first-order valence-electron chi connectivity index (χ1n) is 9.47. The van der Waals surface area contributed by atoms with Gasteiger partial charge in [0, 0.05) is 56.6 Å². The van der Waals surface area contributed by atoms with Gasteiger partial charge in [0.05, 0.1) is 11.3 Å². The number of piperazine rings is 1. The predicted molar refractivity (Wildman–Crippen MR) is 109 cm³/mol. The molecule has 1 aromatic heterocycles. The van der Waals surface area contributed by atoms with E-state index in [9.17, 15) is 9.59 Å². The molecule has 0 unspecified atom stereocenters. The van der Waals surface area contributed by atoms with Gasteiger partial charge in [-0.15, -0.1) is 0 Å². The standard InChI is InChI=1S/C21H27N5O2/c1-24(2)10-11-25-12-14-26(15-13-25)21(28)17-7-5-16(6-8-17)19-18(20(22)27)4-3-9-23-19/h3-9H,10-15H2,1-2H3,(H2,22,27). The number of benzene rings is 1. The third-order valence-corrected chi connectivity index (χ3v) is 5.00. The fourth-order valence-corrected chi connectivity index (χ4v) is 3.30. The van der Waals surface area contributed by atoms with Crippen molar-refractivity contribution >= 4 is 11.8 Å². The Bertz CT molecular complexity index is 827. The topological polar surface area (TPSA) is 82.8 Å². The zero-order chi connectivity index (χ0) is 20.1. The van der Waals surface area contributed by atoms with Crippen molar-refractivity contribution in [3.8, 4) is 11.3 Å². The van der Waals surface area contributed by atoms with E-state index in [1.807, 2.05) is 17.0 Å². The molecule has 3 rings (SSSR count). The molecule has 7 heteroatoms. The summed E-state index contributed by atoms with van der Waals surface area (Å²) in [6.45, 7) is 5.31. The number of carbonyl (C=O) groups is 2. The molecule has 0 aliphatic carbocycles. The second kappa shape index (κ2) is 8.95. The molecule has 1 aliphatic rings. The van der Waals surface area contributed by atoms with Gasteiger partial charge >= 0.3 is 0 Å². The highest BCUT2D eigenvalue weighted by atomic mass is 16.2. The van der Waals surface area contributed by atoms with Crippen LogP contribution in [-0.2, 0) is 0 Å².